The Morgan fingerprint density at radius 2 is 1.67 bits per heavy atom. The summed E-state index contributed by atoms with van der Waals surface area (Å²) < 4.78 is 32.2. The molecule has 3 aromatic carbocycles. The molecule has 0 aliphatic rings. The Hall–Kier alpha value is -4.45. The van der Waals surface area contributed by atoms with Gasteiger partial charge in [0.2, 0.25) is 21.8 Å². The highest BCUT2D eigenvalue weighted by atomic mass is 32.2. The minimum atomic E-state index is -4.08. The van der Waals surface area contributed by atoms with Crippen LogP contribution in [0.15, 0.2) is 72.8 Å². The fourth-order valence-electron chi connectivity index (χ4n) is 4.48. The molecule has 1 N–H and O–H groups in total. The van der Waals surface area contributed by atoms with E-state index in [9.17, 15) is 28.1 Å². The molecule has 3 aromatic rings. The van der Waals surface area contributed by atoms with Crippen LogP contribution in [-0.2, 0) is 32.6 Å². The Bertz CT molecular complexity index is 1530. The number of nitro benzene ring substituents is 1. The molecular weight excluding hydrogens is 560 g/mol. The summed E-state index contributed by atoms with van der Waals surface area (Å²) in [5.74, 6) is -0.507. The molecular formula is C30H36N4O7S. The Labute approximate surface area is 246 Å². The average molecular weight is 597 g/mol. The zero-order valence-corrected chi connectivity index (χ0v) is 25.1. The van der Waals surface area contributed by atoms with Crippen LogP contribution in [0.2, 0.25) is 0 Å². The van der Waals surface area contributed by atoms with Gasteiger partial charge in [0, 0.05) is 31.1 Å². The summed E-state index contributed by atoms with van der Waals surface area (Å²) in [5.41, 5.74) is 1.59. The van der Waals surface area contributed by atoms with Gasteiger partial charge in [0.1, 0.15) is 18.3 Å². The van der Waals surface area contributed by atoms with E-state index in [1.54, 1.807) is 31.2 Å². The van der Waals surface area contributed by atoms with Gasteiger partial charge in [0.15, 0.2) is 0 Å². The van der Waals surface area contributed by atoms with Gasteiger partial charge in [0.25, 0.3) is 5.69 Å². The number of hydrogen-bond donors (Lipinski definition) is 1. The standard InChI is InChI=1S/C30H36N4O7S/c1-21(2)31-30(36)28(17-23-10-7-6-8-11-23)32(19-24-12-9-13-26(16-24)41-4)29(35)20-33(42(5,39)40)27-18-25(34(37)38)15-14-22(27)3/h6-16,18,21,28H,17,19-20H2,1-5H3,(H,31,36)/t28-/m1/s1. The van der Waals surface area contributed by atoms with E-state index in [2.05, 4.69) is 5.32 Å². The van der Waals surface area contributed by atoms with Crippen molar-refractivity contribution in [3.05, 3.63) is 99.6 Å². The van der Waals surface area contributed by atoms with E-state index in [0.29, 0.717) is 16.9 Å². The first-order valence-electron chi connectivity index (χ1n) is 13.3. The number of benzene rings is 3. The maximum absolute atomic E-state index is 14.2. The van der Waals surface area contributed by atoms with E-state index in [1.165, 1.54) is 24.1 Å². The van der Waals surface area contributed by atoms with Crippen LogP contribution in [-0.4, -0.2) is 62.0 Å². The Kier molecular flexibility index (Phi) is 10.6. The van der Waals surface area contributed by atoms with Crippen LogP contribution in [0, 0.1) is 17.0 Å². The highest BCUT2D eigenvalue weighted by molar-refractivity contribution is 7.92. The number of aryl methyl sites for hydroxylation is 1. The zero-order valence-electron chi connectivity index (χ0n) is 24.3. The summed E-state index contributed by atoms with van der Waals surface area (Å²) >= 11 is 0. The molecule has 0 aliphatic heterocycles. The van der Waals surface area contributed by atoms with Crippen LogP contribution in [0.4, 0.5) is 11.4 Å². The highest BCUT2D eigenvalue weighted by Crippen LogP contribution is 2.28. The van der Waals surface area contributed by atoms with Crippen molar-refractivity contribution >= 4 is 33.2 Å². The third-order valence-electron chi connectivity index (χ3n) is 6.54. The first kappa shape index (κ1) is 32.1. The van der Waals surface area contributed by atoms with E-state index in [0.717, 1.165) is 22.2 Å². The molecule has 0 aromatic heterocycles. The topological polar surface area (TPSA) is 139 Å². The van der Waals surface area contributed by atoms with Crippen LogP contribution in [0.25, 0.3) is 0 Å². The molecule has 0 heterocycles. The molecule has 0 fully saturated rings. The van der Waals surface area contributed by atoms with Gasteiger partial charge >= 0.3 is 0 Å². The quantitative estimate of drug-likeness (QED) is 0.234. The smallest absolute Gasteiger partial charge is 0.271 e. The van der Waals surface area contributed by atoms with Crippen molar-refractivity contribution in [3.63, 3.8) is 0 Å². The third kappa shape index (κ3) is 8.53. The molecule has 12 heteroatoms. The lowest BCUT2D eigenvalue weighted by Crippen LogP contribution is -2.54. The molecule has 224 valence electrons. The molecule has 0 spiro atoms. The number of nitrogens with one attached hydrogen (secondary N) is 1. The predicted octanol–water partition coefficient (Wildman–Crippen LogP) is 3.84. The number of amides is 2. The number of methoxy groups -OCH3 is 1. The second kappa shape index (κ2) is 13.9. The average Bonchev–Trinajstić information content (AvgIpc) is 2.93. The molecule has 0 radical (unpaired) electrons. The summed E-state index contributed by atoms with van der Waals surface area (Å²) in [4.78, 5) is 39.9. The number of ether oxygens (including phenoxy) is 1. The number of sulfonamides is 1. The zero-order chi connectivity index (χ0) is 31.0. The molecule has 2 amide bonds. The summed E-state index contributed by atoms with van der Waals surface area (Å²) in [6.07, 6.45) is 1.10. The molecule has 0 saturated carbocycles. The SMILES string of the molecule is COc1cccc(CN(C(=O)CN(c2cc([N+](=O)[O-])ccc2C)S(C)(=O)=O)[C@H](Cc2ccccc2)C(=O)NC(C)C)c1. The van der Waals surface area contributed by atoms with Crippen molar-refractivity contribution in [2.24, 2.45) is 0 Å². The van der Waals surface area contributed by atoms with Gasteiger partial charge in [-0.25, -0.2) is 8.42 Å². The maximum atomic E-state index is 14.2. The Morgan fingerprint density at radius 3 is 2.26 bits per heavy atom. The monoisotopic (exact) mass is 596 g/mol. The highest BCUT2D eigenvalue weighted by Gasteiger charge is 2.34. The number of hydrogen-bond acceptors (Lipinski definition) is 7. The van der Waals surface area contributed by atoms with Gasteiger partial charge in [-0.1, -0.05) is 48.5 Å². The first-order valence-corrected chi connectivity index (χ1v) is 15.1. The third-order valence-corrected chi connectivity index (χ3v) is 7.67. The van der Waals surface area contributed by atoms with Crippen LogP contribution < -0.4 is 14.4 Å². The van der Waals surface area contributed by atoms with Gasteiger partial charge in [-0.05, 0) is 49.6 Å². The van der Waals surface area contributed by atoms with Crippen molar-refractivity contribution in [1.82, 2.24) is 10.2 Å². The second-order valence-electron chi connectivity index (χ2n) is 10.2. The molecule has 0 saturated heterocycles. The summed E-state index contributed by atoms with van der Waals surface area (Å²) in [6.45, 7) is 4.52. The number of carbonyl (C=O) groups excluding carboxylic acids is 2. The van der Waals surface area contributed by atoms with Gasteiger partial charge < -0.3 is 15.0 Å². The summed E-state index contributed by atoms with van der Waals surface area (Å²) in [7, 11) is -2.56. The van der Waals surface area contributed by atoms with Crippen molar-refractivity contribution in [3.8, 4) is 5.75 Å². The van der Waals surface area contributed by atoms with E-state index >= 15 is 0 Å². The van der Waals surface area contributed by atoms with Crippen LogP contribution >= 0.6 is 0 Å². The fourth-order valence-corrected chi connectivity index (χ4v) is 5.38. The number of nitro groups is 1. The van der Waals surface area contributed by atoms with E-state index in [1.807, 2.05) is 44.2 Å². The van der Waals surface area contributed by atoms with Crippen LogP contribution in [0.1, 0.15) is 30.5 Å². The lowest BCUT2D eigenvalue weighted by atomic mass is 10.0. The minimum absolute atomic E-state index is 0.00706. The minimum Gasteiger partial charge on any atom is -0.497 e. The first-order chi connectivity index (χ1) is 19.8. The predicted molar refractivity (Wildman–Crippen MR) is 161 cm³/mol. The van der Waals surface area contributed by atoms with Crippen LogP contribution in [0.5, 0.6) is 5.75 Å². The molecule has 0 bridgehead atoms. The number of anilines is 1. The maximum Gasteiger partial charge on any atom is 0.271 e. The number of nitrogens with zero attached hydrogens (tertiary/aromatic N) is 3. The molecule has 0 unspecified atom stereocenters. The largest absolute Gasteiger partial charge is 0.497 e. The van der Waals surface area contributed by atoms with Gasteiger partial charge in [-0.3, -0.25) is 24.0 Å². The molecule has 3 rings (SSSR count). The summed E-state index contributed by atoms with van der Waals surface area (Å²) in [6, 6.07) is 18.8. The number of non-ortho nitro benzene ring substituents is 1. The fraction of sp³-hybridized carbons (Fsp3) is 0.333. The molecule has 11 nitrogen and oxygen atoms in total. The van der Waals surface area contributed by atoms with E-state index in [4.69, 9.17) is 4.74 Å². The molecule has 1 atom stereocenters. The van der Waals surface area contributed by atoms with E-state index in [-0.39, 0.29) is 30.4 Å². The number of carbonyl (C=O) groups is 2. The normalized spacial score (nSPS) is 12.0. The molecule has 42 heavy (non-hydrogen) atoms. The van der Waals surface area contributed by atoms with Crippen molar-refractivity contribution in [2.45, 2.75) is 45.8 Å². The van der Waals surface area contributed by atoms with Crippen molar-refractivity contribution in [1.29, 1.82) is 0 Å². The lowest BCUT2D eigenvalue weighted by Gasteiger charge is -2.34. The van der Waals surface area contributed by atoms with Crippen molar-refractivity contribution < 1.29 is 27.7 Å². The Balaban J connectivity index is 2.12. The molecule has 0 aliphatic carbocycles. The van der Waals surface area contributed by atoms with E-state index < -0.39 is 39.3 Å². The lowest BCUT2D eigenvalue weighted by molar-refractivity contribution is -0.384. The summed E-state index contributed by atoms with van der Waals surface area (Å²) in [5, 5.41) is 14.3. The van der Waals surface area contributed by atoms with Gasteiger partial charge in [-0.2, -0.15) is 0 Å². The van der Waals surface area contributed by atoms with Gasteiger partial charge in [0.05, 0.1) is 24.0 Å². The van der Waals surface area contributed by atoms with Gasteiger partial charge in [-0.15, -0.1) is 0 Å². The number of rotatable bonds is 13. The second-order valence-corrected chi connectivity index (χ2v) is 12.1. The Morgan fingerprint density at radius 1 is 1.00 bits per heavy atom. The van der Waals surface area contributed by atoms with Crippen molar-refractivity contribution in [2.75, 3.05) is 24.2 Å². The van der Waals surface area contributed by atoms with Crippen LogP contribution in [0.3, 0.4) is 0 Å².